The van der Waals surface area contributed by atoms with Crippen LogP contribution in [0.2, 0.25) is 0 Å². The van der Waals surface area contributed by atoms with E-state index < -0.39 is 0 Å². The molecule has 0 bridgehead atoms. The number of ether oxygens (including phenoxy) is 1. The van der Waals surface area contributed by atoms with Crippen molar-refractivity contribution in [1.82, 2.24) is 20.1 Å². The maximum atomic E-state index is 12.5. The number of carbonyl (C=O) groups excluding carboxylic acids is 1. The molecule has 1 unspecified atom stereocenters. The molecule has 1 fully saturated rings. The molecule has 0 aliphatic carbocycles. The first-order valence-electron chi connectivity index (χ1n) is 8.80. The van der Waals surface area contributed by atoms with E-state index in [2.05, 4.69) is 27.0 Å². The standard InChI is InChI=1S/C16H27N5O2/c1-2-12(18-16(22)13-8-7-11(10-17)23-13)15-20-19-14-6-4-3-5-9-21(14)15/h11-13H,2-10,17H2,1H3,(H,18,22)/t11-,12?,13+/m1/s1. The van der Waals surface area contributed by atoms with Crippen LogP contribution in [-0.4, -0.2) is 39.4 Å². The van der Waals surface area contributed by atoms with Gasteiger partial charge in [-0.2, -0.15) is 0 Å². The topological polar surface area (TPSA) is 95.1 Å². The van der Waals surface area contributed by atoms with Crippen LogP contribution in [0.25, 0.3) is 0 Å². The van der Waals surface area contributed by atoms with Gasteiger partial charge in [0, 0.05) is 19.5 Å². The predicted octanol–water partition coefficient (Wildman–Crippen LogP) is 1.08. The van der Waals surface area contributed by atoms with Crippen molar-refractivity contribution in [2.24, 2.45) is 5.73 Å². The summed E-state index contributed by atoms with van der Waals surface area (Å²) in [7, 11) is 0. The first kappa shape index (κ1) is 16.4. The molecule has 0 spiro atoms. The molecule has 128 valence electrons. The van der Waals surface area contributed by atoms with Crippen LogP contribution in [0.15, 0.2) is 0 Å². The highest BCUT2D eigenvalue weighted by Crippen LogP contribution is 2.23. The maximum Gasteiger partial charge on any atom is 0.249 e. The molecule has 1 saturated heterocycles. The van der Waals surface area contributed by atoms with E-state index >= 15 is 0 Å². The van der Waals surface area contributed by atoms with Crippen LogP contribution in [0.4, 0.5) is 0 Å². The Balaban J connectivity index is 1.68. The van der Waals surface area contributed by atoms with Gasteiger partial charge in [-0.25, -0.2) is 0 Å². The minimum atomic E-state index is -0.385. The average Bonchev–Trinajstić information content (AvgIpc) is 3.14. The van der Waals surface area contributed by atoms with Crippen LogP contribution >= 0.6 is 0 Å². The molecule has 1 aromatic heterocycles. The fourth-order valence-corrected chi connectivity index (χ4v) is 3.45. The number of hydrogen-bond donors (Lipinski definition) is 2. The molecule has 0 aromatic carbocycles. The third-order valence-corrected chi connectivity index (χ3v) is 4.84. The van der Waals surface area contributed by atoms with Crippen molar-refractivity contribution >= 4 is 5.91 Å². The van der Waals surface area contributed by atoms with Gasteiger partial charge in [-0.1, -0.05) is 13.3 Å². The largest absolute Gasteiger partial charge is 0.364 e. The third-order valence-electron chi connectivity index (χ3n) is 4.84. The van der Waals surface area contributed by atoms with Crippen LogP contribution in [0, 0.1) is 0 Å². The number of aryl methyl sites for hydroxylation is 1. The Morgan fingerprint density at radius 3 is 3.00 bits per heavy atom. The molecule has 0 radical (unpaired) electrons. The van der Waals surface area contributed by atoms with Crippen molar-refractivity contribution in [1.29, 1.82) is 0 Å². The zero-order valence-corrected chi connectivity index (χ0v) is 13.8. The number of amides is 1. The zero-order valence-electron chi connectivity index (χ0n) is 13.8. The number of nitrogens with one attached hydrogen (secondary N) is 1. The first-order valence-corrected chi connectivity index (χ1v) is 8.80. The summed E-state index contributed by atoms with van der Waals surface area (Å²) in [6.45, 7) is 3.47. The van der Waals surface area contributed by atoms with Crippen molar-refractivity contribution in [2.75, 3.05) is 6.54 Å². The minimum Gasteiger partial charge on any atom is -0.364 e. The van der Waals surface area contributed by atoms with Gasteiger partial charge >= 0.3 is 0 Å². The van der Waals surface area contributed by atoms with Crippen molar-refractivity contribution in [3.05, 3.63) is 11.6 Å². The second-order valence-corrected chi connectivity index (χ2v) is 6.47. The van der Waals surface area contributed by atoms with Crippen molar-refractivity contribution in [3.63, 3.8) is 0 Å². The van der Waals surface area contributed by atoms with Crippen molar-refractivity contribution in [2.45, 2.75) is 76.7 Å². The van der Waals surface area contributed by atoms with Gasteiger partial charge in [-0.3, -0.25) is 4.79 Å². The van der Waals surface area contributed by atoms with Gasteiger partial charge in [0.1, 0.15) is 11.9 Å². The van der Waals surface area contributed by atoms with Gasteiger partial charge in [-0.05, 0) is 32.1 Å². The lowest BCUT2D eigenvalue weighted by Gasteiger charge is -2.20. The Kier molecular flexibility index (Phi) is 5.27. The molecule has 1 amide bonds. The summed E-state index contributed by atoms with van der Waals surface area (Å²) in [5.74, 6) is 1.87. The lowest BCUT2D eigenvalue weighted by molar-refractivity contribution is -0.132. The van der Waals surface area contributed by atoms with Crippen LogP contribution < -0.4 is 11.1 Å². The number of hydrogen-bond acceptors (Lipinski definition) is 5. The summed E-state index contributed by atoms with van der Waals surface area (Å²) in [5, 5.41) is 11.8. The Morgan fingerprint density at radius 1 is 1.39 bits per heavy atom. The van der Waals surface area contributed by atoms with Crippen LogP contribution in [0.3, 0.4) is 0 Å². The summed E-state index contributed by atoms with van der Waals surface area (Å²) in [6.07, 6.45) is 6.51. The average molecular weight is 321 g/mol. The first-order chi connectivity index (χ1) is 11.2. The Morgan fingerprint density at radius 2 is 2.26 bits per heavy atom. The molecule has 2 aliphatic heterocycles. The molecule has 1 aromatic rings. The molecule has 7 nitrogen and oxygen atoms in total. The summed E-state index contributed by atoms with van der Waals surface area (Å²) >= 11 is 0. The molecular formula is C16H27N5O2. The summed E-state index contributed by atoms with van der Waals surface area (Å²) in [5.41, 5.74) is 5.61. The van der Waals surface area contributed by atoms with E-state index in [-0.39, 0.29) is 24.2 Å². The van der Waals surface area contributed by atoms with E-state index in [1.165, 1.54) is 6.42 Å². The lowest BCUT2D eigenvalue weighted by Crippen LogP contribution is -2.38. The number of nitrogens with two attached hydrogens (primary N) is 1. The maximum absolute atomic E-state index is 12.5. The highest BCUT2D eigenvalue weighted by molar-refractivity contribution is 5.81. The molecule has 3 rings (SSSR count). The van der Waals surface area contributed by atoms with Crippen LogP contribution in [0.5, 0.6) is 0 Å². The lowest BCUT2D eigenvalue weighted by atomic mass is 10.1. The van der Waals surface area contributed by atoms with Gasteiger partial charge in [0.15, 0.2) is 5.82 Å². The van der Waals surface area contributed by atoms with Gasteiger partial charge in [0.2, 0.25) is 5.91 Å². The van der Waals surface area contributed by atoms with Gasteiger partial charge < -0.3 is 20.4 Å². The van der Waals surface area contributed by atoms with Crippen molar-refractivity contribution in [3.8, 4) is 0 Å². The number of fused-ring (bicyclic) bond motifs is 1. The summed E-state index contributed by atoms with van der Waals surface area (Å²) < 4.78 is 7.88. The quantitative estimate of drug-likeness (QED) is 0.846. The molecule has 0 saturated carbocycles. The predicted molar refractivity (Wildman–Crippen MR) is 85.7 cm³/mol. The molecule has 2 aliphatic rings. The van der Waals surface area contributed by atoms with E-state index in [1.54, 1.807) is 0 Å². The highest BCUT2D eigenvalue weighted by Gasteiger charge is 2.32. The highest BCUT2D eigenvalue weighted by atomic mass is 16.5. The van der Waals surface area contributed by atoms with E-state index in [9.17, 15) is 4.79 Å². The fourth-order valence-electron chi connectivity index (χ4n) is 3.45. The van der Waals surface area contributed by atoms with Crippen molar-refractivity contribution < 1.29 is 9.53 Å². The Labute approximate surface area is 137 Å². The molecule has 3 heterocycles. The van der Waals surface area contributed by atoms with E-state index in [4.69, 9.17) is 10.5 Å². The minimum absolute atomic E-state index is 0.00944. The van der Waals surface area contributed by atoms with Gasteiger partial charge in [-0.15, -0.1) is 10.2 Å². The van der Waals surface area contributed by atoms with E-state index in [0.717, 1.165) is 56.7 Å². The number of rotatable bonds is 5. The van der Waals surface area contributed by atoms with Gasteiger partial charge in [0.05, 0.1) is 12.1 Å². The number of aromatic nitrogens is 3. The monoisotopic (exact) mass is 321 g/mol. The second-order valence-electron chi connectivity index (χ2n) is 6.47. The third kappa shape index (κ3) is 3.55. The molecule has 3 atom stereocenters. The molecule has 7 heteroatoms. The number of nitrogens with zero attached hydrogens (tertiary/aromatic N) is 3. The zero-order chi connectivity index (χ0) is 16.2. The van der Waals surface area contributed by atoms with Crippen LogP contribution in [0.1, 0.15) is 63.1 Å². The molecule has 23 heavy (non-hydrogen) atoms. The Hall–Kier alpha value is -1.47. The van der Waals surface area contributed by atoms with E-state index in [1.807, 2.05) is 0 Å². The van der Waals surface area contributed by atoms with Gasteiger partial charge in [0.25, 0.3) is 0 Å². The SMILES string of the molecule is CCC(NC(=O)[C@@H]1CC[C@H](CN)O1)c1nnc2n1CCCCC2. The van der Waals surface area contributed by atoms with Crippen LogP contribution in [-0.2, 0) is 22.5 Å². The number of carbonyl (C=O) groups is 1. The second kappa shape index (κ2) is 7.40. The molecular weight excluding hydrogens is 294 g/mol. The normalized spacial score (nSPS) is 25.7. The summed E-state index contributed by atoms with van der Waals surface area (Å²) in [6, 6.07) is -0.109. The summed E-state index contributed by atoms with van der Waals surface area (Å²) in [4.78, 5) is 12.5. The van der Waals surface area contributed by atoms with E-state index in [0.29, 0.717) is 6.54 Å². The smallest absolute Gasteiger partial charge is 0.249 e. The fraction of sp³-hybridized carbons (Fsp3) is 0.812. The molecule has 3 N–H and O–H groups in total. The Bertz CT molecular complexity index is 545.